The first-order valence-electron chi connectivity index (χ1n) is 5.57. The zero-order chi connectivity index (χ0) is 12.3. The Balaban J connectivity index is 2.08. The molecule has 17 heavy (non-hydrogen) atoms. The van der Waals surface area contributed by atoms with E-state index in [1.54, 1.807) is 0 Å². The topological polar surface area (TPSA) is 65.5 Å². The van der Waals surface area contributed by atoms with E-state index in [2.05, 4.69) is 15.4 Å². The number of halogens is 1. The molecule has 1 aromatic rings. The Hall–Kier alpha value is -1.33. The molecule has 1 aromatic heterocycles. The number of hydrogen-bond donors (Lipinski definition) is 2. The molecule has 1 saturated heterocycles. The second-order valence-corrected chi connectivity index (χ2v) is 4.43. The largest absolute Gasteiger partial charge is 0.478 e. The highest BCUT2D eigenvalue weighted by molar-refractivity contribution is 6.33. The minimum absolute atomic E-state index is 0.0965. The van der Waals surface area contributed by atoms with E-state index in [4.69, 9.17) is 16.7 Å². The quantitative estimate of drug-likeness (QED) is 0.867. The fraction of sp³-hybridized carbons (Fsp3) is 0.455. The molecule has 1 aliphatic rings. The van der Waals surface area contributed by atoms with Crippen LogP contribution in [0, 0.1) is 0 Å². The fourth-order valence-electron chi connectivity index (χ4n) is 1.79. The van der Waals surface area contributed by atoms with E-state index in [1.165, 1.54) is 18.7 Å². The third-order valence-electron chi connectivity index (χ3n) is 2.71. The molecule has 6 heteroatoms. The summed E-state index contributed by atoms with van der Waals surface area (Å²) in [6.45, 7) is 1.91. The van der Waals surface area contributed by atoms with Crippen molar-refractivity contribution < 1.29 is 9.90 Å². The number of carboxylic acid groups (broad SMARTS) is 1. The van der Waals surface area contributed by atoms with Crippen LogP contribution >= 0.6 is 11.6 Å². The molecular formula is C11H14ClN3O2. The Morgan fingerprint density at radius 1 is 1.41 bits per heavy atom. The Bertz CT molecular complexity index is 419. The summed E-state index contributed by atoms with van der Waals surface area (Å²) in [6, 6.07) is 1.41. The van der Waals surface area contributed by atoms with Gasteiger partial charge in [-0.2, -0.15) is 0 Å². The van der Waals surface area contributed by atoms with Gasteiger partial charge in [0.2, 0.25) is 0 Å². The van der Waals surface area contributed by atoms with Gasteiger partial charge < -0.3 is 10.5 Å². The molecular weight excluding hydrogens is 242 g/mol. The third-order valence-corrected chi connectivity index (χ3v) is 3.00. The van der Waals surface area contributed by atoms with Crippen LogP contribution in [-0.2, 0) is 0 Å². The van der Waals surface area contributed by atoms with Gasteiger partial charge in [0.1, 0.15) is 0 Å². The maximum atomic E-state index is 10.7. The third kappa shape index (κ3) is 3.08. The maximum absolute atomic E-state index is 10.7. The molecule has 1 fully saturated rings. The molecule has 2 N–H and O–H groups in total. The van der Waals surface area contributed by atoms with Gasteiger partial charge in [0.15, 0.2) is 5.82 Å². The van der Waals surface area contributed by atoms with E-state index in [0.717, 1.165) is 25.9 Å². The summed E-state index contributed by atoms with van der Waals surface area (Å²) in [4.78, 5) is 14.8. The lowest BCUT2D eigenvalue weighted by Crippen LogP contribution is -2.35. The molecule has 0 radical (unpaired) electrons. The second kappa shape index (κ2) is 5.33. The molecule has 0 spiro atoms. The van der Waals surface area contributed by atoms with Crippen LogP contribution in [0.1, 0.15) is 29.6 Å². The standard InChI is InChI=1S/C11H14ClN3O2/c12-9-6-8(11(16)17)7-13-10(9)14-15-4-2-1-3-5-15/h6-7H,1-5H2,(H,13,14)(H,16,17). The smallest absolute Gasteiger partial charge is 0.337 e. The first kappa shape index (κ1) is 12.1. The van der Waals surface area contributed by atoms with Gasteiger partial charge in [-0.1, -0.05) is 18.0 Å². The predicted octanol–water partition coefficient (Wildman–Crippen LogP) is 2.25. The molecule has 0 unspecified atom stereocenters. The minimum Gasteiger partial charge on any atom is -0.478 e. The van der Waals surface area contributed by atoms with Crippen molar-refractivity contribution in [3.05, 3.63) is 22.8 Å². The number of anilines is 1. The fourth-order valence-corrected chi connectivity index (χ4v) is 2.00. The van der Waals surface area contributed by atoms with E-state index in [1.807, 2.05) is 0 Å². The van der Waals surface area contributed by atoms with Crippen molar-refractivity contribution in [2.24, 2.45) is 0 Å². The predicted molar refractivity (Wildman–Crippen MR) is 65.3 cm³/mol. The number of rotatable bonds is 3. The SMILES string of the molecule is O=C(O)c1cnc(NN2CCCCC2)c(Cl)c1. The number of piperidine rings is 1. The average Bonchev–Trinajstić information content (AvgIpc) is 2.33. The molecule has 2 heterocycles. The average molecular weight is 256 g/mol. The summed E-state index contributed by atoms with van der Waals surface area (Å²) < 4.78 is 0. The molecule has 2 rings (SSSR count). The van der Waals surface area contributed by atoms with Crippen LogP contribution in [0.15, 0.2) is 12.3 Å². The summed E-state index contributed by atoms with van der Waals surface area (Å²) in [5.41, 5.74) is 3.21. The molecule has 0 aliphatic carbocycles. The summed E-state index contributed by atoms with van der Waals surface area (Å²) >= 11 is 5.98. The van der Waals surface area contributed by atoms with Crippen LogP contribution in [-0.4, -0.2) is 34.2 Å². The number of carboxylic acids is 1. The number of pyridine rings is 1. The highest BCUT2D eigenvalue weighted by Gasteiger charge is 2.13. The Labute approximate surface area is 104 Å². The number of aromatic carboxylic acids is 1. The van der Waals surface area contributed by atoms with E-state index < -0.39 is 5.97 Å². The summed E-state index contributed by atoms with van der Waals surface area (Å²) in [5.74, 6) is -0.512. The van der Waals surface area contributed by atoms with Gasteiger partial charge in [-0.3, -0.25) is 0 Å². The molecule has 0 bridgehead atoms. The monoisotopic (exact) mass is 255 g/mol. The minimum atomic E-state index is -1.02. The zero-order valence-corrected chi connectivity index (χ0v) is 10.1. The number of aromatic nitrogens is 1. The van der Waals surface area contributed by atoms with Gasteiger partial charge in [0, 0.05) is 19.3 Å². The molecule has 0 saturated carbocycles. The Kier molecular flexibility index (Phi) is 3.81. The van der Waals surface area contributed by atoms with Crippen LogP contribution in [0.4, 0.5) is 5.82 Å². The van der Waals surface area contributed by atoms with Gasteiger partial charge in [-0.25, -0.2) is 14.8 Å². The molecule has 1 aliphatic heterocycles. The molecule has 92 valence electrons. The van der Waals surface area contributed by atoms with E-state index in [9.17, 15) is 4.79 Å². The lowest BCUT2D eigenvalue weighted by molar-refractivity contribution is 0.0696. The first-order valence-corrected chi connectivity index (χ1v) is 5.95. The van der Waals surface area contributed by atoms with Crippen molar-refractivity contribution in [2.75, 3.05) is 18.5 Å². The summed E-state index contributed by atoms with van der Waals surface area (Å²) in [6.07, 6.45) is 4.85. The van der Waals surface area contributed by atoms with Gasteiger partial charge in [0.25, 0.3) is 0 Å². The van der Waals surface area contributed by atoms with Crippen molar-refractivity contribution in [1.82, 2.24) is 9.99 Å². The van der Waals surface area contributed by atoms with E-state index in [-0.39, 0.29) is 5.56 Å². The molecule has 0 aromatic carbocycles. The second-order valence-electron chi connectivity index (χ2n) is 4.02. The Morgan fingerprint density at radius 2 is 2.12 bits per heavy atom. The first-order chi connectivity index (χ1) is 8.16. The van der Waals surface area contributed by atoms with Crippen molar-refractivity contribution >= 4 is 23.4 Å². The van der Waals surface area contributed by atoms with Crippen LogP contribution in [0.3, 0.4) is 0 Å². The number of carbonyl (C=O) groups is 1. The lowest BCUT2D eigenvalue weighted by Gasteiger charge is -2.27. The highest BCUT2D eigenvalue weighted by atomic mass is 35.5. The van der Waals surface area contributed by atoms with Crippen LogP contribution in [0.25, 0.3) is 0 Å². The van der Waals surface area contributed by atoms with Gasteiger partial charge >= 0.3 is 5.97 Å². The normalized spacial score (nSPS) is 16.8. The van der Waals surface area contributed by atoms with Gasteiger partial charge in [-0.15, -0.1) is 0 Å². The van der Waals surface area contributed by atoms with Crippen molar-refractivity contribution in [3.8, 4) is 0 Å². The van der Waals surface area contributed by atoms with Crippen molar-refractivity contribution in [2.45, 2.75) is 19.3 Å². The number of hydrazine groups is 1. The number of nitrogens with zero attached hydrogens (tertiary/aromatic N) is 2. The van der Waals surface area contributed by atoms with Crippen molar-refractivity contribution in [3.63, 3.8) is 0 Å². The number of nitrogens with one attached hydrogen (secondary N) is 1. The molecule has 0 atom stereocenters. The highest BCUT2D eigenvalue weighted by Crippen LogP contribution is 2.21. The summed E-state index contributed by atoms with van der Waals surface area (Å²) in [5, 5.41) is 11.2. The molecule has 0 amide bonds. The Morgan fingerprint density at radius 3 is 2.71 bits per heavy atom. The lowest BCUT2D eigenvalue weighted by atomic mass is 10.2. The molecule has 5 nitrogen and oxygen atoms in total. The zero-order valence-electron chi connectivity index (χ0n) is 9.32. The van der Waals surface area contributed by atoms with Gasteiger partial charge in [0.05, 0.1) is 10.6 Å². The van der Waals surface area contributed by atoms with E-state index >= 15 is 0 Å². The maximum Gasteiger partial charge on any atom is 0.337 e. The van der Waals surface area contributed by atoms with Crippen LogP contribution < -0.4 is 5.43 Å². The van der Waals surface area contributed by atoms with Gasteiger partial charge in [-0.05, 0) is 18.9 Å². The van der Waals surface area contributed by atoms with Crippen molar-refractivity contribution in [1.29, 1.82) is 0 Å². The number of hydrogen-bond acceptors (Lipinski definition) is 4. The van der Waals surface area contributed by atoms with Crippen LogP contribution in [0.5, 0.6) is 0 Å². The summed E-state index contributed by atoms with van der Waals surface area (Å²) in [7, 11) is 0. The van der Waals surface area contributed by atoms with E-state index in [0.29, 0.717) is 10.8 Å². The van der Waals surface area contributed by atoms with Crippen LogP contribution in [0.2, 0.25) is 5.02 Å².